The fourth-order valence-electron chi connectivity index (χ4n) is 3.95. The molecule has 1 N–H and O–H groups in total. The van der Waals surface area contributed by atoms with Crippen molar-refractivity contribution < 1.29 is 4.74 Å². The van der Waals surface area contributed by atoms with Crippen LogP contribution in [-0.4, -0.2) is 17.1 Å². The van der Waals surface area contributed by atoms with E-state index in [0.29, 0.717) is 5.92 Å². The fourth-order valence-corrected chi connectivity index (χ4v) is 3.95. The Balaban J connectivity index is 1.77. The number of hydrogen-bond acceptors (Lipinski definition) is 2. The van der Waals surface area contributed by atoms with Gasteiger partial charge in [-0.3, -0.25) is 0 Å². The van der Waals surface area contributed by atoms with E-state index in [2.05, 4.69) is 11.1 Å². The van der Waals surface area contributed by atoms with Gasteiger partial charge in [0.25, 0.3) is 0 Å². The first kappa shape index (κ1) is 10.4. The molecule has 2 fully saturated rings. The predicted octanol–water partition coefficient (Wildman–Crippen LogP) is 3.48. The van der Waals surface area contributed by atoms with Crippen LogP contribution in [0.1, 0.15) is 37.4 Å². The molecular weight excluding hydrogens is 224 g/mol. The summed E-state index contributed by atoms with van der Waals surface area (Å²) in [7, 11) is 1.72. The Morgan fingerprint density at radius 2 is 2.22 bits per heavy atom. The maximum absolute atomic E-state index is 5.39. The summed E-state index contributed by atoms with van der Waals surface area (Å²) < 4.78 is 5.39. The van der Waals surface area contributed by atoms with Crippen molar-refractivity contribution in [2.75, 3.05) is 7.11 Å². The van der Waals surface area contributed by atoms with Crippen molar-refractivity contribution in [2.45, 2.75) is 31.6 Å². The number of nitrogens with one attached hydrogen (secondary N) is 1. The van der Waals surface area contributed by atoms with Gasteiger partial charge in [-0.2, -0.15) is 0 Å². The van der Waals surface area contributed by atoms with Gasteiger partial charge in [-0.05, 0) is 43.2 Å². The van der Waals surface area contributed by atoms with Gasteiger partial charge >= 0.3 is 0 Å². The maximum atomic E-state index is 5.39. The molecule has 0 spiro atoms. The van der Waals surface area contributed by atoms with Gasteiger partial charge in [0.2, 0.25) is 0 Å². The summed E-state index contributed by atoms with van der Waals surface area (Å²) >= 11 is 0. The molecule has 0 radical (unpaired) electrons. The molecule has 2 aromatic rings. The first-order valence-corrected chi connectivity index (χ1v) is 6.88. The van der Waals surface area contributed by atoms with Crippen molar-refractivity contribution in [1.29, 1.82) is 0 Å². The van der Waals surface area contributed by atoms with Gasteiger partial charge in [-0.15, -0.1) is 0 Å². The zero-order chi connectivity index (χ0) is 12.1. The summed E-state index contributed by atoms with van der Waals surface area (Å²) in [5, 5.41) is 0. The molecule has 2 bridgehead atoms. The standard InChI is InChI=1S/C15H18N2O/c1-18-13-4-2-3-12-14(13)17-15(16-12)11-8-9-5-6-10(11)7-9/h2-4,9-11H,5-8H2,1H3,(H,16,17). The van der Waals surface area contributed by atoms with E-state index in [-0.39, 0.29) is 0 Å². The summed E-state index contributed by atoms with van der Waals surface area (Å²) in [6.45, 7) is 0. The van der Waals surface area contributed by atoms with E-state index < -0.39 is 0 Å². The second kappa shape index (κ2) is 3.74. The first-order chi connectivity index (χ1) is 8.85. The Bertz CT molecular complexity index is 589. The lowest BCUT2D eigenvalue weighted by Crippen LogP contribution is -2.09. The zero-order valence-corrected chi connectivity index (χ0v) is 10.6. The van der Waals surface area contributed by atoms with Crippen LogP contribution in [0.2, 0.25) is 0 Å². The number of methoxy groups -OCH3 is 1. The minimum atomic E-state index is 0.654. The smallest absolute Gasteiger partial charge is 0.144 e. The number of imidazole rings is 1. The number of benzene rings is 1. The average molecular weight is 242 g/mol. The SMILES string of the molecule is COc1cccc2nc(C3CC4CCC3C4)[nH]c12. The van der Waals surface area contributed by atoms with Gasteiger partial charge < -0.3 is 9.72 Å². The molecule has 1 aromatic carbocycles. The van der Waals surface area contributed by atoms with Crippen LogP contribution in [0.5, 0.6) is 5.75 Å². The second-order valence-electron chi connectivity index (χ2n) is 5.76. The summed E-state index contributed by atoms with van der Waals surface area (Å²) in [4.78, 5) is 8.29. The number of aromatic nitrogens is 2. The van der Waals surface area contributed by atoms with Gasteiger partial charge in [-0.1, -0.05) is 12.5 Å². The van der Waals surface area contributed by atoms with E-state index in [1.807, 2.05) is 12.1 Å². The van der Waals surface area contributed by atoms with E-state index in [4.69, 9.17) is 9.72 Å². The minimum Gasteiger partial charge on any atom is -0.494 e. The Kier molecular flexibility index (Phi) is 2.16. The molecule has 3 unspecified atom stereocenters. The van der Waals surface area contributed by atoms with Crippen molar-refractivity contribution in [2.24, 2.45) is 11.8 Å². The quantitative estimate of drug-likeness (QED) is 0.875. The molecule has 2 aliphatic carbocycles. The molecule has 94 valence electrons. The molecule has 1 heterocycles. The third-order valence-corrected chi connectivity index (χ3v) is 4.81. The molecule has 1 aromatic heterocycles. The molecule has 18 heavy (non-hydrogen) atoms. The highest BCUT2D eigenvalue weighted by Crippen LogP contribution is 2.52. The molecule has 4 rings (SSSR count). The van der Waals surface area contributed by atoms with Gasteiger partial charge in [0.1, 0.15) is 17.1 Å². The van der Waals surface area contributed by atoms with Crippen LogP contribution in [0.25, 0.3) is 11.0 Å². The van der Waals surface area contributed by atoms with E-state index in [1.54, 1.807) is 7.11 Å². The highest BCUT2D eigenvalue weighted by atomic mass is 16.5. The molecular formula is C15H18N2O. The topological polar surface area (TPSA) is 37.9 Å². The summed E-state index contributed by atoms with van der Waals surface area (Å²) in [5.74, 6) is 4.55. The largest absolute Gasteiger partial charge is 0.494 e. The van der Waals surface area contributed by atoms with Gasteiger partial charge in [0, 0.05) is 5.92 Å². The highest BCUT2D eigenvalue weighted by molar-refractivity contribution is 5.81. The number of fused-ring (bicyclic) bond motifs is 3. The number of para-hydroxylation sites is 1. The van der Waals surface area contributed by atoms with E-state index >= 15 is 0 Å². The number of hydrogen-bond donors (Lipinski definition) is 1. The molecule has 3 atom stereocenters. The average Bonchev–Trinajstić information content (AvgIpc) is 3.11. The monoisotopic (exact) mass is 242 g/mol. The maximum Gasteiger partial charge on any atom is 0.144 e. The minimum absolute atomic E-state index is 0.654. The lowest BCUT2D eigenvalue weighted by molar-refractivity contribution is 0.407. The zero-order valence-electron chi connectivity index (χ0n) is 10.6. The second-order valence-corrected chi connectivity index (χ2v) is 5.76. The van der Waals surface area contributed by atoms with Crippen molar-refractivity contribution in [3.8, 4) is 5.75 Å². The van der Waals surface area contributed by atoms with Gasteiger partial charge in [-0.25, -0.2) is 4.98 Å². The number of H-pyrrole nitrogens is 1. The highest BCUT2D eigenvalue weighted by Gasteiger charge is 2.41. The lowest BCUT2D eigenvalue weighted by atomic mass is 9.88. The van der Waals surface area contributed by atoms with Gasteiger partial charge in [0.15, 0.2) is 0 Å². The summed E-state index contributed by atoms with van der Waals surface area (Å²) in [6.07, 6.45) is 5.57. The molecule has 3 heteroatoms. The van der Waals surface area contributed by atoms with Crippen molar-refractivity contribution in [3.05, 3.63) is 24.0 Å². The van der Waals surface area contributed by atoms with Crippen LogP contribution in [0.4, 0.5) is 0 Å². The molecule has 0 saturated heterocycles. The van der Waals surface area contributed by atoms with E-state index in [0.717, 1.165) is 28.6 Å². The number of aromatic amines is 1. The lowest BCUT2D eigenvalue weighted by Gasteiger charge is -2.19. The van der Waals surface area contributed by atoms with Crippen LogP contribution in [0.15, 0.2) is 18.2 Å². The number of rotatable bonds is 2. The van der Waals surface area contributed by atoms with Crippen molar-refractivity contribution in [3.63, 3.8) is 0 Å². The van der Waals surface area contributed by atoms with E-state index in [9.17, 15) is 0 Å². The third-order valence-electron chi connectivity index (χ3n) is 4.81. The number of ether oxygens (including phenoxy) is 1. The summed E-state index contributed by atoms with van der Waals surface area (Å²) in [6, 6.07) is 6.06. The third kappa shape index (κ3) is 1.39. The Morgan fingerprint density at radius 3 is 2.94 bits per heavy atom. The van der Waals surface area contributed by atoms with Crippen LogP contribution < -0.4 is 4.74 Å². The van der Waals surface area contributed by atoms with Crippen LogP contribution >= 0.6 is 0 Å². The molecule has 0 aliphatic heterocycles. The molecule has 2 aliphatic rings. The van der Waals surface area contributed by atoms with Crippen LogP contribution in [0, 0.1) is 11.8 Å². The molecule has 2 saturated carbocycles. The van der Waals surface area contributed by atoms with Crippen molar-refractivity contribution >= 4 is 11.0 Å². The summed E-state index contributed by atoms with van der Waals surface area (Å²) in [5.41, 5.74) is 2.09. The Hall–Kier alpha value is -1.51. The fraction of sp³-hybridized carbons (Fsp3) is 0.533. The van der Waals surface area contributed by atoms with E-state index in [1.165, 1.54) is 31.5 Å². The first-order valence-electron chi connectivity index (χ1n) is 6.88. The Morgan fingerprint density at radius 1 is 1.28 bits per heavy atom. The molecule has 0 amide bonds. The number of nitrogens with zero attached hydrogens (tertiary/aromatic N) is 1. The van der Waals surface area contributed by atoms with Gasteiger partial charge in [0.05, 0.1) is 12.6 Å². The molecule has 3 nitrogen and oxygen atoms in total. The van der Waals surface area contributed by atoms with Crippen LogP contribution in [0.3, 0.4) is 0 Å². The Labute approximate surface area is 107 Å². The van der Waals surface area contributed by atoms with Crippen LogP contribution in [-0.2, 0) is 0 Å². The predicted molar refractivity (Wildman–Crippen MR) is 70.8 cm³/mol. The van der Waals surface area contributed by atoms with Crippen molar-refractivity contribution in [1.82, 2.24) is 9.97 Å². The normalized spacial score (nSPS) is 30.2.